The van der Waals surface area contributed by atoms with Crippen LogP contribution < -0.4 is 5.32 Å². The average Bonchev–Trinajstić information content (AvgIpc) is 3.32. The maximum atomic E-state index is 12.6. The van der Waals surface area contributed by atoms with Gasteiger partial charge in [0.2, 0.25) is 17.7 Å². The van der Waals surface area contributed by atoms with Gasteiger partial charge >= 0.3 is 0 Å². The zero-order valence-corrected chi connectivity index (χ0v) is 14.1. The second kappa shape index (κ2) is 6.01. The molecule has 0 aromatic heterocycles. The van der Waals surface area contributed by atoms with Gasteiger partial charge in [-0.25, -0.2) is 0 Å². The average molecular weight is 330 g/mol. The molecule has 2 bridgehead atoms. The predicted molar refractivity (Wildman–Crippen MR) is 88.7 cm³/mol. The van der Waals surface area contributed by atoms with Crippen molar-refractivity contribution >= 4 is 17.7 Å². The number of nitrogens with one attached hydrogen (secondary N) is 1. The van der Waals surface area contributed by atoms with E-state index in [0.717, 1.165) is 32.2 Å². The molecule has 5 heteroatoms. The fourth-order valence-corrected chi connectivity index (χ4v) is 5.20. The Balaban J connectivity index is 1.24. The van der Waals surface area contributed by atoms with Gasteiger partial charge < -0.3 is 5.32 Å². The van der Waals surface area contributed by atoms with E-state index >= 15 is 0 Å². The molecule has 4 aliphatic rings. The molecule has 24 heavy (non-hydrogen) atoms. The van der Waals surface area contributed by atoms with E-state index in [-0.39, 0.29) is 30.7 Å². The van der Waals surface area contributed by atoms with Gasteiger partial charge in [0.05, 0.1) is 5.41 Å². The number of nitrogens with zero attached hydrogens (tertiary/aromatic N) is 1. The van der Waals surface area contributed by atoms with Gasteiger partial charge in [-0.05, 0) is 43.4 Å². The lowest BCUT2D eigenvalue weighted by Gasteiger charge is -2.21. The first kappa shape index (κ1) is 15.9. The molecule has 1 N–H and O–H groups in total. The summed E-state index contributed by atoms with van der Waals surface area (Å²) in [6, 6.07) is 0. The number of rotatable bonds is 5. The second-order valence-electron chi connectivity index (χ2n) is 8.11. The summed E-state index contributed by atoms with van der Waals surface area (Å²) in [7, 11) is 0. The van der Waals surface area contributed by atoms with Gasteiger partial charge in [0.15, 0.2) is 0 Å². The summed E-state index contributed by atoms with van der Waals surface area (Å²) in [6.07, 6.45) is 11.3. The van der Waals surface area contributed by atoms with Crippen molar-refractivity contribution in [3.8, 4) is 0 Å². The van der Waals surface area contributed by atoms with Crippen LogP contribution >= 0.6 is 0 Å². The molecule has 3 atom stereocenters. The lowest BCUT2D eigenvalue weighted by atomic mass is 9.84. The smallest absolute Gasteiger partial charge is 0.235 e. The topological polar surface area (TPSA) is 66.5 Å². The molecule has 2 saturated carbocycles. The summed E-state index contributed by atoms with van der Waals surface area (Å²) in [6.45, 7) is 0.956. The lowest BCUT2D eigenvalue weighted by molar-refractivity contribution is -0.141. The summed E-state index contributed by atoms with van der Waals surface area (Å²) in [5.74, 6) is 1.72. The quantitative estimate of drug-likeness (QED) is 0.619. The van der Waals surface area contributed by atoms with Crippen LogP contribution in [0.25, 0.3) is 0 Å². The van der Waals surface area contributed by atoms with Gasteiger partial charge in [0.25, 0.3) is 0 Å². The largest absolute Gasteiger partial charge is 0.356 e. The number of allylic oxidation sites excluding steroid dienone is 2. The Morgan fingerprint density at radius 2 is 2.00 bits per heavy atom. The van der Waals surface area contributed by atoms with Crippen LogP contribution in [0, 0.1) is 23.2 Å². The highest BCUT2D eigenvalue weighted by Crippen LogP contribution is 2.47. The zero-order valence-electron chi connectivity index (χ0n) is 14.1. The van der Waals surface area contributed by atoms with Gasteiger partial charge in [0, 0.05) is 25.9 Å². The summed E-state index contributed by atoms with van der Waals surface area (Å²) in [5.41, 5.74) is -0.428. The van der Waals surface area contributed by atoms with E-state index < -0.39 is 5.41 Å². The van der Waals surface area contributed by atoms with Gasteiger partial charge in [-0.2, -0.15) is 0 Å². The van der Waals surface area contributed by atoms with E-state index in [1.165, 1.54) is 17.7 Å². The Morgan fingerprint density at radius 1 is 1.21 bits per heavy atom. The maximum absolute atomic E-state index is 12.6. The van der Waals surface area contributed by atoms with Crippen molar-refractivity contribution in [1.29, 1.82) is 0 Å². The molecular weight excluding hydrogens is 304 g/mol. The SMILES string of the molecule is O=C(CCN1C(=O)CC2(CCCC2)C1=O)NC[C@H]1C[C@@H]2C=C[C@H]1C2. The number of carbonyl (C=O) groups is 3. The Hall–Kier alpha value is -1.65. The fraction of sp³-hybridized carbons (Fsp3) is 0.737. The van der Waals surface area contributed by atoms with Crippen molar-refractivity contribution in [2.75, 3.05) is 13.1 Å². The molecule has 3 aliphatic carbocycles. The Morgan fingerprint density at radius 3 is 2.67 bits per heavy atom. The van der Waals surface area contributed by atoms with Crippen molar-refractivity contribution < 1.29 is 14.4 Å². The van der Waals surface area contributed by atoms with Gasteiger partial charge in [-0.1, -0.05) is 25.0 Å². The molecule has 3 amide bonds. The van der Waals surface area contributed by atoms with Gasteiger partial charge in [0.1, 0.15) is 0 Å². The molecular formula is C19H26N2O3. The molecule has 130 valence electrons. The fourth-order valence-electron chi connectivity index (χ4n) is 5.20. The number of hydrogen-bond donors (Lipinski definition) is 1. The third-order valence-corrected chi connectivity index (χ3v) is 6.59. The minimum atomic E-state index is -0.428. The molecule has 1 heterocycles. The predicted octanol–water partition coefficient (Wildman–Crippen LogP) is 2.02. The van der Waals surface area contributed by atoms with Crippen LogP contribution in [0.3, 0.4) is 0 Å². The molecule has 0 aromatic carbocycles. The van der Waals surface area contributed by atoms with Crippen molar-refractivity contribution in [1.82, 2.24) is 10.2 Å². The minimum absolute atomic E-state index is 0.0314. The van der Waals surface area contributed by atoms with Crippen LogP contribution in [0.15, 0.2) is 12.2 Å². The highest BCUT2D eigenvalue weighted by atomic mass is 16.2. The first-order valence-electron chi connectivity index (χ1n) is 9.37. The molecule has 1 saturated heterocycles. The highest BCUT2D eigenvalue weighted by molar-refractivity contribution is 6.06. The summed E-state index contributed by atoms with van der Waals surface area (Å²) >= 11 is 0. The highest BCUT2D eigenvalue weighted by Gasteiger charge is 2.52. The van der Waals surface area contributed by atoms with Crippen molar-refractivity contribution in [2.24, 2.45) is 23.2 Å². The number of fused-ring (bicyclic) bond motifs is 2. The first-order valence-corrected chi connectivity index (χ1v) is 9.37. The molecule has 1 spiro atoms. The Kier molecular flexibility index (Phi) is 3.97. The normalized spacial score (nSPS) is 33.2. The monoisotopic (exact) mass is 330 g/mol. The van der Waals surface area contributed by atoms with E-state index in [2.05, 4.69) is 17.5 Å². The van der Waals surface area contributed by atoms with Crippen LogP contribution in [0.2, 0.25) is 0 Å². The van der Waals surface area contributed by atoms with E-state index in [4.69, 9.17) is 0 Å². The maximum Gasteiger partial charge on any atom is 0.235 e. The lowest BCUT2D eigenvalue weighted by Crippen LogP contribution is -2.38. The van der Waals surface area contributed by atoms with E-state index in [1.807, 2.05) is 0 Å². The molecule has 5 nitrogen and oxygen atoms in total. The summed E-state index contributed by atoms with van der Waals surface area (Å²) in [4.78, 5) is 38.2. The Labute approximate surface area is 142 Å². The van der Waals surface area contributed by atoms with Gasteiger partial charge in [-0.3, -0.25) is 19.3 Å². The van der Waals surface area contributed by atoms with Crippen LogP contribution in [0.5, 0.6) is 0 Å². The van der Waals surface area contributed by atoms with Crippen molar-refractivity contribution in [3.05, 3.63) is 12.2 Å². The van der Waals surface area contributed by atoms with E-state index in [1.54, 1.807) is 0 Å². The summed E-state index contributed by atoms with van der Waals surface area (Å²) < 4.78 is 0. The zero-order chi connectivity index (χ0) is 16.7. The number of likely N-dealkylation sites (tertiary alicyclic amines) is 1. The van der Waals surface area contributed by atoms with Crippen LogP contribution in [-0.2, 0) is 14.4 Å². The van der Waals surface area contributed by atoms with E-state index in [0.29, 0.717) is 24.2 Å². The molecule has 1 aliphatic heterocycles. The summed E-state index contributed by atoms with van der Waals surface area (Å²) in [5, 5.41) is 3.00. The number of imide groups is 1. The van der Waals surface area contributed by atoms with E-state index in [9.17, 15) is 14.4 Å². The first-order chi connectivity index (χ1) is 11.6. The molecule has 0 unspecified atom stereocenters. The number of amides is 3. The minimum Gasteiger partial charge on any atom is -0.356 e. The second-order valence-corrected chi connectivity index (χ2v) is 8.11. The molecule has 0 radical (unpaired) electrons. The third kappa shape index (κ3) is 2.68. The number of carbonyl (C=O) groups excluding carboxylic acids is 3. The standard InChI is InChI=1S/C19H26N2O3/c22-16(20-12-15-10-13-3-4-14(15)9-13)5-8-21-17(23)11-19(18(21)24)6-1-2-7-19/h3-4,13-15H,1-2,5-12H2,(H,20,22)/t13-,14+,15-/m1/s1. The van der Waals surface area contributed by atoms with Crippen molar-refractivity contribution in [2.45, 2.75) is 51.4 Å². The molecule has 4 rings (SSSR count). The van der Waals surface area contributed by atoms with Crippen LogP contribution in [0.4, 0.5) is 0 Å². The van der Waals surface area contributed by atoms with Gasteiger partial charge in [-0.15, -0.1) is 0 Å². The van der Waals surface area contributed by atoms with Crippen molar-refractivity contribution in [3.63, 3.8) is 0 Å². The third-order valence-electron chi connectivity index (χ3n) is 6.59. The molecule has 0 aromatic rings. The molecule has 3 fully saturated rings. The van der Waals surface area contributed by atoms with Crippen LogP contribution in [0.1, 0.15) is 51.4 Å². The number of hydrogen-bond acceptors (Lipinski definition) is 3. The Bertz CT molecular complexity index is 591. The van der Waals surface area contributed by atoms with Crippen LogP contribution in [-0.4, -0.2) is 35.7 Å².